The van der Waals surface area contributed by atoms with Gasteiger partial charge in [-0.1, -0.05) is 42.5 Å². The summed E-state index contributed by atoms with van der Waals surface area (Å²) in [6.45, 7) is 1.03. The number of carbonyl (C=O) groups excluding carboxylic acids is 1. The number of hydrogen-bond donors (Lipinski definition) is 4. The first kappa shape index (κ1) is 33.2. The van der Waals surface area contributed by atoms with E-state index in [1.54, 1.807) is 43.3 Å². The number of alkyl halides is 1. The Kier molecular flexibility index (Phi) is 10.3. The number of aromatic nitrogens is 4. The highest BCUT2D eigenvalue weighted by molar-refractivity contribution is 6.28. The van der Waals surface area contributed by atoms with E-state index in [1.165, 1.54) is 12.1 Å². The van der Waals surface area contributed by atoms with E-state index in [2.05, 4.69) is 15.0 Å². The molecule has 4 aromatic rings. The van der Waals surface area contributed by atoms with Gasteiger partial charge in [0.25, 0.3) is 5.60 Å². The number of aliphatic carboxylic acids is 2. The van der Waals surface area contributed by atoms with Crippen LogP contribution in [-0.2, 0) is 30.2 Å². The highest BCUT2D eigenvalue weighted by Gasteiger charge is 2.49. The van der Waals surface area contributed by atoms with Crippen LogP contribution in [0.1, 0.15) is 29.1 Å². The number of ether oxygens (including phenoxy) is 3. The first-order valence-electron chi connectivity index (χ1n) is 13.4. The van der Waals surface area contributed by atoms with Gasteiger partial charge in [-0.2, -0.15) is 9.97 Å². The SMILES string of the molecule is CCOC(=O)c1ccccc1-c1ccc(CC(OC[C@@H](OC)[C@@H](O)[C@H](F)n2cnc3c(N)nc(Cl)nc32)(C(=O)O)C(=O)O)cc1. The van der Waals surface area contributed by atoms with Crippen molar-refractivity contribution in [2.75, 3.05) is 26.1 Å². The molecule has 0 saturated carbocycles. The molecule has 0 unspecified atom stereocenters. The number of hydrogen-bond acceptors (Lipinski definition) is 11. The predicted octanol–water partition coefficient (Wildman–Crippen LogP) is 2.92. The molecule has 3 atom stereocenters. The number of methoxy groups -OCH3 is 1. The zero-order valence-corrected chi connectivity index (χ0v) is 24.7. The highest BCUT2D eigenvalue weighted by atomic mass is 35.5. The number of carboxylic acids is 2. The van der Waals surface area contributed by atoms with Crippen LogP contribution in [-0.4, -0.2) is 90.9 Å². The number of nitrogens with zero attached hydrogens (tertiary/aromatic N) is 4. The van der Waals surface area contributed by atoms with Crippen molar-refractivity contribution in [2.45, 2.75) is 37.4 Å². The van der Waals surface area contributed by atoms with E-state index < -0.39 is 55.0 Å². The third kappa shape index (κ3) is 6.86. The van der Waals surface area contributed by atoms with Crippen LogP contribution in [0.15, 0.2) is 54.9 Å². The van der Waals surface area contributed by atoms with Crippen LogP contribution in [0.25, 0.3) is 22.3 Å². The van der Waals surface area contributed by atoms with Crippen LogP contribution in [0.2, 0.25) is 5.28 Å². The molecule has 2 aromatic carbocycles. The summed E-state index contributed by atoms with van der Waals surface area (Å²) < 4.78 is 32.0. The summed E-state index contributed by atoms with van der Waals surface area (Å²) in [5, 5.41) is 30.5. The summed E-state index contributed by atoms with van der Waals surface area (Å²) in [5.74, 6) is -4.32. The van der Waals surface area contributed by atoms with Gasteiger partial charge in [-0.15, -0.1) is 0 Å². The van der Waals surface area contributed by atoms with E-state index in [0.29, 0.717) is 16.7 Å². The number of benzene rings is 2. The minimum absolute atomic E-state index is 0.0191. The lowest BCUT2D eigenvalue weighted by atomic mass is 9.92. The van der Waals surface area contributed by atoms with Gasteiger partial charge in [-0.25, -0.2) is 23.8 Å². The van der Waals surface area contributed by atoms with Crippen LogP contribution in [0.4, 0.5) is 10.2 Å². The Labute approximate surface area is 260 Å². The number of nitrogen functional groups attached to an aromatic ring is 1. The molecule has 0 aliphatic carbocycles. The lowest BCUT2D eigenvalue weighted by molar-refractivity contribution is -0.192. The molecule has 0 radical (unpaired) electrons. The average molecular weight is 646 g/mol. The smallest absolute Gasteiger partial charge is 0.348 e. The summed E-state index contributed by atoms with van der Waals surface area (Å²) in [6.07, 6.45) is -5.48. The molecule has 14 nitrogen and oxygen atoms in total. The normalized spacial score (nSPS) is 13.7. The highest BCUT2D eigenvalue weighted by Crippen LogP contribution is 2.29. The predicted molar refractivity (Wildman–Crippen MR) is 157 cm³/mol. The van der Waals surface area contributed by atoms with Gasteiger partial charge in [0.15, 0.2) is 11.5 Å². The fourth-order valence-electron chi connectivity index (χ4n) is 4.59. The van der Waals surface area contributed by atoms with E-state index in [1.807, 2.05) is 0 Å². The fourth-order valence-corrected chi connectivity index (χ4v) is 4.76. The number of aliphatic hydroxyl groups is 1. The lowest BCUT2D eigenvalue weighted by Gasteiger charge is -2.30. The number of halogens is 2. The fraction of sp³-hybridized carbons (Fsp3) is 0.310. The summed E-state index contributed by atoms with van der Waals surface area (Å²) in [6, 6.07) is 12.9. The van der Waals surface area contributed by atoms with E-state index in [-0.39, 0.29) is 34.4 Å². The van der Waals surface area contributed by atoms with Crippen LogP contribution in [0, 0.1) is 0 Å². The summed E-state index contributed by atoms with van der Waals surface area (Å²) in [4.78, 5) is 48.6. The molecular formula is C29H29ClFN5O9. The van der Waals surface area contributed by atoms with Crippen LogP contribution < -0.4 is 5.73 Å². The number of esters is 1. The number of carboxylic acid groups (broad SMARTS) is 2. The van der Waals surface area contributed by atoms with Gasteiger partial charge in [0.1, 0.15) is 17.7 Å². The number of imidazole rings is 1. The van der Waals surface area contributed by atoms with Crippen LogP contribution in [0.3, 0.4) is 0 Å². The second kappa shape index (κ2) is 13.9. The average Bonchev–Trinajstić information content (AvgIpc) is 3.44. The maximum atomic E-state index is 15.5. The summed E-state index contributed by atoms with van der Waals surface area (Å²) in [7, 11) is 1.10. The molecule has 0 amide bonds. The number of fused-ring (bicyclic) bond motifs is 1. The molecule has 0 aliphatic rings. The van der Waals surface area contributed by atoms with Crippen molar-refractivity contribution in [3.05, 3.63) is 71.3 Å². The van der Waals surface area contributed by atoms with Crippen LogP contribution >= 0.6 is 11.6 Å². The van der Waals surface area contributed by atoms with Crippen LogP contribution in [0.5, 0.6) is 0 Å². The zero-order valence-electron chi connectivity index (χ0n) is 24.0. The minimum Gasteiger partial charge on any atom is -0.479 e. The third-order valence-electron chi connectivity index (χ3n) is 6.98. The van der Waals surface area contributed by atoms with Gasteiger partial charge in [-0.05, 0) is 41.3 Å². The summed E-state index contributed by atoms with van der Waals surface area (Å²) >= 11 is 5.82. The first-order valence-corrected chi connectivity index (χ1v) is 13.8. The molecule has 238 valence electrons. The van der Waals surface area contributed by atoms with E-state index in [9.17, 15) is 29.7 Å². The Morgan fingerprint density at radius 2 is 1.76 bits per heavy atom. The van der Waals surface area contributed by atoms with Crippen molar-refractivity contribution in [3.63, 3.8) is 0 Å². The molecule has 0 aliphatic heterocycles. The molecule has 2 heterocycles. The second-order valence-corrected chi connectivity index (χ2v) is 10.1. The first-order chi connectivity index (χ1) is 21.4. The standard InChI is InChI=1S/C29H29ClFN5O9/c1-3-44-25(38)18-7-5-4-6-17(18)16-10-8-15(9-11-16)12-29(26(39)40,27(41)42)45-13-19(43-2)21(37)22(31)36-14-33-20-23(32)34-28(30)35-24(20)36/h4-11,14,19,21-22,37H,3,12-13H2,1-2H3,(H,39,40)(H,41,42)(H2,32,34,35)/t19-,21-,22-/m1/s1. The van der Waals surface area contributed by atoms with Gasteiger partial charge < -0.3 is 35.3 Å². The Balaban J connectivity index is 1.55. The van der Waals surface area contributed by atoms with Crippen molar-refractivity contribution < 1.29 is 48.3 Å². The maximum Gasteiger partial charge on any atom is 0.348 e. The van der Waals surface area contributed by atoms with E-state index in [0.717, 1.165) is 18.0 Å². The monoisotopic (exact) mass is 645 g/mol. The zero-order chi connectivity index (χ0) is 32.9. The molecule has 4 rings (SSSR count). The van der Waals surface area contributed by atoms with E-state index >= 15 is 4.39 Å². The molecule has 0 saturated heterocycles. The molecule has 2 aromatic heterocycles. The third-order valence-corrected chi connectivity index (χ3v) is 7.15. The number of anilines is 1. The molecule has 5 N–H and O–H groups in total. The Hall–Kier alpha value is -4.70. The maximum absolute atomic E-state index is 15.5. The van der Waals surface area contributed by atoms with Crippen molar-refractivity contribution in [1.82, 2.24) is 19.5 Å². The number of rotatable bonds is 14. The molecule has 0 bridgehead atoms. The molecule has 16 heteroatoms. The van der Waals surface area contributed by atoms with Crippen molar-refractivity contribution >= 4 is 46.5 Å². The van der Waals surface area contributed by atoms with Crippen molar-refractivity contribution in [2.24, 2.45) is 0 Å². The second-order valence-electron chi connectivity index (χ2n) is 9.73. The van der Waals surface area contributed by atoms with Gasteiger partial charge in [-0.3, -0.25) is 4.57 Å². The van der Waals surface area contributed by atoms with Gasteiger partial charge in [0.2, 0.25) is 11.6 Å². The van der Waals surface area contributed by atoms with Gasteiger partial charge in [0.05, 0.1) is 25.1 Å². The molecule has 0 spiro atoms. The topological polar surface area (TPSA) is 209 Å². The quantitative estimate of drug-likeness (QED) is 0.0884. The summed E-state index contributed by atoms with van der Waals surface area (Å²) in [5.41, 5.74) is 4.52. The molecular weight excluding hydrogens is 617 g/mol. The van der Waals surface area contributed by atoms with Gasteiger partial charge >= 0.3 is 17.9 Å². The number of nitrogens with two attached hydrogens (primary N) is 1. The number of aliphatic hydroxyl groups excluding tert-OH is 1. The van der Waals surface area contributed by atoms with E-state index in [4.69, 9.17) is 31.5 Å². The molecule has 45 heavy (non-hydrogen) atoms. The Morgan fingerprint density at radius 1 is 1.09 bits per heavy atom. The minimum atomic E-state index is -2.84. The number of carbonyl (C=O) groups is 3. The van der Waals surface area contributed by atoms with Crippen molar-refractivity contribution in [1.29, 1.82) is 0 Å². The lowest BCUT2D eigenvalue weighted by Crippen LogP contribution is -2.53. The van der Waals surface area contributed by atoms with Crippen molar-refractivity contribution in [3.8, 4) is 11.1 Å². The molecule has 0 fully saturated rings. The largest absolute Gasteiger partial charge is 0.479 e. The van der Waals surface area contributed by atoms with Gasteiger partial charge in [0, 0.05) is 13.5 Å². The Morgan fingerprint density at radius 3 is 2.38 bits per heavy atom. The Bertz CT molecular complexity index is 1690.